The van der Waals surface area contributed by atoms with Crippen molar-refractivity contribution in [2.24, 2.45) is 0 Å². The summed E-state index contributed by atoms with van der Waals surface area (Å²) in [5.74, 6) is -0.735. The van der Waals surface area contributed by atoms with E-state index < -0.39 is 5.97 Å². The fourth-order valence-electron chi connectivity index (χ4n) is 1.91. The summed E-state index contributed by atoms with van der Waals surface area (Å²) >= 11 is 12.0. The molecule has 0 aromatic heterocycles. The minimum atomic E-state index is -0.587. The van der Waals surface area contributed by atoms with Gasteiger partial charge in [0.05, 0.1) is 24.9 Å². The van der Waals surface area contributed by atoms with Gasteiger partial charge in [-0.05, 0) is 24.3 Å². The highest BCUT2D eigenvalue weighted by Crippen LogP contribution is 2.31. The number of amides is 1. The Morgan fingerprint density at radius 2 is 1.83 bits per heavy atom. The van der Waals surface area contributed by atoms with Gasteiger partial charge in [0.15, 0.2) is 0 Å². The summed E-state index contributed by atoms with van der Waals surface area (Å²) in [4.78, 5) is 23.9. The van der Waals surface area contributed by atoms with E-state index in [0.717, 1.165) is 0 Å². The molecular formula is C16H13Cl2NO4. The summed E-state index contributed by atoms with van der Waals surface area (Å²) in [6.45, 7) is 0. The zero-order chi connectivity index (χ0) is 17.0. The molecule has 0 atom stereocenters. The second-order valence-electron chi connectivity index (χ2n) is 4.49. The van der Waals surface area contributed by atoms with Gasteiger partial charge in [-0.15, -0.1) is 0 Å². The van der Waals surface area contributed by atoms with Crippen LogP contribution in [0, 0.1) is 0 Å². The molecule has 120 valence electrons. The van der Waals surface area contributed by atoms with Crippen LogP contribution < -0.4 is 10.1 Å². The van der Waals surface area contributed by atoms with Gasteiger partial charge in [0.1, 0.15) is 11.3 Å². The van der Waals surface area contributed by atoms with Crippen LogP contribution in [0.3, 0.4) is 0 Å². The van der Waals surface area contributed by atoms with Crippen LogP contribution in [-0.4, -0.2) is 26.1 Å². The van der Waals surface area contributed by atoms with Crippen molar-refractivity contribution in [2.45, 2.75) is 0 Å². The van der Waals surface area contributed by atoms with Crippen molar-refractivity contribution < 1.29 is 19.1 Å². The number of benzene rings is 2. The molecule has 1 N–H and O–H groups in total. The van der Waals surface area contributed by atoms with Crippen molar-refractivity contribution in [1.29, 1.82) is 0 Å². The maximum Gasteiger partial charge on any atom is 0.341 e. The second-order valence-corrected chi connectivity index (χ2v) is 5.33. The Hall–Kier alpha value is -2.24. The average Bonchev–Trinajstić information content (AvgIpc) is 2.55. The highest BCUT2D eigenvalue weighted by molar-refractivity contribution is 6.34. The molecule has 0 fully saturated rings. The molecule has 0 spiro atoms. The molecule has 0 bridgehead atoms. The molecule has 0 aliphatic rings. The fourth-order valence-corrected chi connectivity index (χ4v) is 2.31. The van der Waals surface area contributed by atoms with E-state index in [-0.39, 0.29) is 22.2 Å². The molecule has 0 unspecified atom stereocenters. The van der Waals surface area contributed by atoms with E-state index >= 15 is 0 Å². The van der Waals surface area contributed by atoms with Crippen molar-refractivity contribution in [3.05, 3.63) is 57.6 Å². The summed E-state index contributed by atoms with van der Waals surface area (Å²) < 4.78 is 9.80. The van der Waals surface area contributed by atoms with Crippen molar-refractivity contribution in [3.8, 4) is 5.75 Å². The third kappa shape index (κ3) is 3.94. The number of nitrogens with one attached hydrogen (secondary N) is 1. The molecule has 0 aliphatic carbocycles. The summed E-state index contributed by atoms with van der Waals surface area (Å²) in [5, 5.41) is 3.28. The normalized spacial score (nSPS) is 10.1. The van der Waals surface area contributed by atoms with Crippen molar-refractivity contribution in [3.63, 3.8) is 0 Å². The molecule has 2 rings (SSSR count). The van der Waals surface area contributed by atoms with Crippen LogP contribution in [0.2, 0.25) is 10.0 Å². The predicted octanol–water partition coefficient (Wildman–Crippen LogP) is 4.04. The SMILES string of the molecule is COC(=O)c1cc(Cl)c(NC(=O)c2cccc(Cl)c2)cc1OC. The summed E-state index contributed by atoms with van der Waals surface area (Å²) in [7, 11) is 2.66. The third-order valence-electron chi connectivity index (χ3n) is 3.03. The predicted molar refractivity (Wildman–Crippen MR) is 88.7 cm³/mol. The molecule has 23 heavy (non-hydrogen) atoms. The first-order valence-corrected chi connectivity index (χ1v) is 7.24. The van der Waals surface area contributed by atoms with E-state index in [0.29, 0.717) is 16.3 Å². The highest BCUT2D eigenvalue weighted by atomic mass is 35.5. The van der Waals surface area contributed by atoms with Crippen molar-refractivity contribution >= 4 is 40.8 Å². The van der Waals surface area contributed by atoms with Crippen LogP contribution in [0.4, 0.5) is 5.69 Å². The number of carbonyl (C=O) groups excluding carboxylic acids is 2. The highest BCUT2D eigenvalue weighted by Gasteiger charge is 2.18. The van der Waals surface area contributed by atoms with Crippen LogP contribution in [0.1, 0.15) is 20.7 Å². The third-order valence-corrected chi connectivity index (χ3v) is 3.58. The van der Waals surface area contributed by atoms with E-state index in [1.54, 1.807) is 18.2 Å². The largest absolute Gasteiger partial charge is 0.496 e. The Bertz CT molecular complexity index is 762. The lowest BCUT2D eigenvalue weighted by Crippen LogP contribution is -2.13. The number of halogens is 2. The van der Waals surface area contributed by atoms with Gasteiger partial charge in [-0.25, -0.2) is 4.79 Å². The Labute approximate surface area is 143 Å². The Morgan fingerprint density at radius 3 is 2.43 bits per heavy atom. The van der Waals surface area contributed by atoms with E-state index in [2.05, 4.69) is 10.1 Å². The van der Waals surface area contributed by atoms with Crippen LogP contribution in [-0.2, 0) is 4.74 Å². The Balaban J connectivity index is 2.33. The van der Waals surface area contributed by atoms with E-state index in [1.165, 1.54) is 32.4 Å². The molecule has 5 nitrogen and oxygen atoms in total. The van der Waals surface area contributed by atoms with E-state index in [4.69, 9.17) is 27.9 Å². The molecule has 2 aromatic carbocycles. The van der Waals surface area contributed by atoms with Gasteiger partial charge in [-0.3, -0.25) is 4.79 Å². The zero-order valence-corrected chi connectivity index (χ0v) is 13.9. The second kappa shape index (κ2) is 7.35. The number of esters is 1. The smallest absolute Gasteiger partial charge is 0.341 e. The molecule has 2 aromatic rings. The number of ether oxygens (including phenoxy) is 2. The van der Waals surface area contributed by atoms with Crippen LogP contribution >= 0.6 is 23.2 Å². The standard InChI is InChI=1S/C16H13Cl2NO4/c1-22-14-8-13(12(18)7-11(14)16(21)23-2)19-15(20)9-4-3-5-10(17)6-9/h3-8H,1-2H3,(H,19,20). The van der Waals surface area contributed by atoms with Gasteiger partial charge in [0.25, 0.3) is 5.91 Å². The van der Waals surface area contributed by atoms with Gasteiger partial charge >= 0.3 is 5.97 Å². The first-order valence-electron chi connectivity index (χ1n) is 6.49. The summed E-state index contributed by atoms with van der Waals surface area (Å²) in [6.07, 6.45) is 0. The number of methoxy groups -OCH3 is 2. The molecule has 0 saturated carbocycles. The molecule has 0 aliphatic heterocycles. The Morgan fingerprint density at radius 1 is 1.09 bits per heavy atom. The molecule has 1 amide bonds. The Kier molecular flexibility index (Phi) is 5.47. The van der Waals surface area contributed by atoms with Crippen molar-refractivity contribution in [2.75, 3.05) is 19.5 Å². The number of hydrogen-bond donors (Lipinski definition) is 1. The number of hydrogen-bond acceptors (Lipinski definition) is 4. The summed E-state index contributed by atoms with van der Waals surface area (Å²) in [6, 6.07) is 9.32. The lowest BCUT2D eigenvalue weighted by atomic mass is 10.1. The quantitative estimate of drug-likeness (QED) is 0.842. The minimum absolute atomic E-state index is 0.167. The minimum Gasteiger partial charge on any atom is -0.496 e. The first-order chi connectivity index (χ1) is 11.0. The van der Waals surface area contributed by atoms with Gasteiger partial charge in [-0.2, -0.15) is 0 Å². The van der Waals surface area contributed by atoms with Crippen molar-refractivity contribution in [1.82, 2.24) is 0 Å². The number of carbonyl (C=O) groups is 2. The average molecular weight is 354 g/mol. The maximum atomic E-state index is 12.2. The lowest BCUT2D eigenvalue weighted by molar-refractivity contribution is 0.0597. The number of anilines is 1. The van der Waals surface area contributed by atoms with Gasteiger partial charge in [0, 0.05) is 16.7 Å². The van der Waals surface area contributed by atoms with Gasteiger partial charge in [-0.1, -0.05) is 29.3 Å². The van der Waals surface area contributed by atoms with E-state index in [9.17, 15) is 9.59 Å². The van der Waals surface area contributed by atoms with Crippen LogP contribution in [0.15, 0.2) is 36.4 Å². The molecule has 0 saturated heterocycles. The van der Waals surface area contributed by atoms with Crippen LogP contribution in [0.5, 0.6) is 5.75 Å². The topological polar surface area (TPSA) is 64.6 Å². The fraction of sp³-hybridized carbons (Fsp3) is 0.125. The molecule has 0 radical (unpaired) electrons. The van der Waals surface area contributed by atoms with E-state index in [1.807, 2.05) is 0 Å². The maximum absolute atomic E-state index is 12.2. The van der Waals surface area contributed by atoms with Gasteiger partial charge in [0.2, 0.25) is 0 Å². The molecular weight excluding hydrogens is 341 g/mol. The van der Waals surface area contributed by atoms with Gasteiger partial charge < -0.3 is 14.8 Å². The lowest BCUT2D eigenvalue weighted by Gasteiger charge is -2.12. The number of rotatable bonds is 4. The molecule has 0 heterocycles. The zero-order valence-electron chi connectivity index (χ0n) is 12.4. The molecule has 7 heteroatoms. The monoisotopic (exact) mass is 353 g/mol. The van der Waals surface area contributed by atoms with Crippen LogP contribution in [0.25, 0.3) is 0 Å². The first kappa shape index (κ1) is 17.1. The summed E-state index contributed by atoms with van der Waals surface area (Å²) in [5.41, 5.74) is 0.853.